The van der Waals surface area contributed by atoms with Gasteiger partial charge in [0.25, 0.3) is 5.56 Å². The van der Waals surface area contributed by atoms with Gasteiger partial charge in [-0.1, -0.05) is 15.9 Å². The molecule has 5 nitrogen and oxygen atoms in total. The molecule has 24 heavy (non-hydrogen) atoms. The first kappa shape index (κ1) is 16.9. The molecule has 1 heterocycles. The third kappa shape index (κ3) is 3.43. The van der Waals surface area contributed by atoms with Crippen LogP contribution in [0, 0.1) is 13.8 Å². The van der Waals surface area contributed by atoms with E-state index in [9.17, 15) is 9.59 Å². The van der Waals surface area contributed by atoms with Gasteiger partial charge in [0.2, 0.25) is 5.91 Å². The molecule has 0 fully saturated rings. The van der Waals surface area contributed by atoms with Crippen LogP contribution in [0.1, 0.15) is 35.5 Å². The van der Waals surface area contributed by atoms with Crippen LogP contribution in [0.5, 0.6) is 0 Å². The Labute approximate surface area is 149 Å². The van der Waals surface area contributed by atoms with Crippen LogP contribution in [-0.4, -0.2) is 15.5 Å². The Bertz CT molecular complexity index is 858. The third-order valence-electron chi connectivity index (χ3n) is 4.39. The predicted octanol–water partition coefficient (Wildman–Crippen LogP) is 3.14. The Kier molecular flexibility index (Phi) is 4.85. The third-order valence-corrected chi connectivity index (χ3v) is 4.89. The Morgan fingerprint density at radius 1 is 1.29 bits per heavy atom. The van der Waals surface area contributed by atoms with E-state index in [1.165, 1.54) is 4.57 Å². The van der Waals surface area contributed by atoms with E-state index in [0.717, 1.165) is 52.7 Å². The second kappa shape index (κ2) is 6.89. The number of halogens is 1. The van der Waals surface area contributed by atoms with Crippen molar-refractivity contribution in [1.82, 2.24) is 9.55 Å². The summed E-state index contributed by atoms with van der Waals surface area (Å²) in [5.41, 5.74) is 3.33. The summed E-state index contributed by atoms with van der Waals surface area (Å²) >= 11 is 3.40. The first-order valence-electron chi connectivity index (χ1n) is 8.11. The van der Waals surface area contributed by atoms with Gasteiger partial charge in [-0.3, -0.25) is 14.2 Å². The molecule has 0 aliphatic heterocycles. The molecule has 0 bridgehead atoms. The van der Waals surface area contributed by atoms with Crippen molar-refractivity contribution in [3.63, 3.8) is 0 Å². The summed E-state index contributed by atoms with van der Waals surface area (Å²) in [6.07, 6.45) is 3.70. The molecule has 126 valence electrons. The van der Waals surface area contributed by atoms with Gasteiger partial charge in [0.05, 0.1) is 5.69 Å². The SMILES string of the molecule is Cc1cc(Br)ccc1NC(=O)Cn1c(C)nc2c(c1=O)CCCC2. The van der Waals surface area contributed by atoms with Crippen molar-refractivity contribution in [2.24, 2.45) is 0 Å². The number of hydrogen-bond donors (Lipinski definition) is 1. The molecule has 0 radical (unpaired) electrons. The van der Waals surface area contributed by atoms with E-state index in [-0.39, 0.29) is 18.0 Å². The Morgan fingerprint density at radius 2 is 2.04 bits per heavy atom. The molecule has 0 unspecified atom stereocenters. The summed E-state index contributed by atoms with van der Waals surface area (Å²) in [7, 11) is 0. The molecular weight excluding hydrogens is 370 g/mol. The second-order valence-electron chi connectivity index (χ2n) is 6.19. The lowest BCUT2D eigenvalue weighted by Crippen LogP contribution is -2.34. The van der Waals surface area contributed by atoms with Gasteiger partial charge in [-0.2, -0.15) is 0 Å². The number of rotatable bonds is 3. The molecule has 2 aromatic rings. The lowest BCUT2D eigenvalue weighted by molar-refractivity contribution is -0.116. The maximum absolute atomic E-state index is 12.7. The van der Waals surface area contributed by atoms with Crippen molar-refractivity contribution < 1.29 is 4.79 Å². The van der Waals surface area contributed by atoms with Crippen molar-refractivity contribution in [2.45, 2.75) is 46.1 Å². The maximum Gasteiger partial charge on any atom is 0.257 e. The van der Waals surface area contributed by atoms with Crippen LogP contribution in [0.25, 0.3) is 0 Å². The van der Waals surface area contributed by atoms with Crippen LogP contribution in [-0.2, 0) is 24.2 Å². The van der Waals surface area contributed by atoms with E-state index in [0.29, 0.717) is 5.82 Å². The van der Waals surface area contributed by atoms with Crippen LogP contribution in [0.3, 0.4) is 0 Å². The number of anilines is 1. The van der Waals surface area contributed by atoms with Gasteiger partial charge in [-0.05, 0) is 63.3 Å². The van der Waals surface area contributed by atoms with Crippen molar-refractivity contribution in [2.75, 3.05) is 5.32 Å². The lowest BCUT2D eigenvalue weighted by atomic mass is 9.97. The van der Waals surface area contributed by atoms with Gasteiger partial charge < -0.3 is 5.32 Å². The van der Waals surface area contributed by atoms with Gasteiger partial charge in [-0.15, -0.1) is 0 Å². The standard InChI is InChI=1S/C18H20BrN3O2/c1-11-9-13(19)7-8-15(11)21-17(23)10-22-12(2)20-16-6-4-3-5-14(16)18(22)24/h7-9H,3-6,10H2,1-2H3,(H,21,23). The van der Waals surface area contributed by atoms with Crippen LogP contribution in [0.15, 0.2) is 27.5 Å². The molecule has 1 aliphatic rings. The van der Waals surface area contributed by atoms with Crippen LogP contribution in [0.2, 0.25) is 0 Å². The number of carbonyl (C=O) groups is 1. The number of nitrogens with one attached hydrogen (secondary N) is 1. The minimum absolute atomic E-state index is 0.0134. The quantitative estimate of drug-likeness (QED) is 0.876. The summed E-state index contributed by atoms with van der Waals surface area (Å²) in [6.45, 7) is 3.70. The highest BCUT2D eigenvalue weighted by Gasteiger charge is 2.19. The number of hydrogen-bond acceptors (Lipinski definition) is 3. The number of aromatic nitrogens is 2. The highest BCUT2D eigenvalue weighted by atomic mass is 79.9. The lowest BCUT2D eigenvalue weighted by Gasteiger charge is -2.18. The largest absolute Gasteiger partial charge is 0.324 e. The molecule has 0 spiro atoms. The predicted molar refractivity (Wildman–Crippen MR) is 97.4 cm³/mol. The fourth-order valence-corrected chi connectivity index (χ4v) is 3.57. The Balaban J connectivity index is 1.83. The fourth-order valence-electron chi connectivity index (χ4n) is 3.10. The Hall–Kier alpha value is -1.95. The minimum Gasteiger partial charge on any atom is -0.324 e. The maximum atomic E-state index is 12.7. The molecule has 6 heteroatoms. The summed E-state index contributed by atoms with van der Waals surface area (Å²) in [5, 5.41) is 2.87. The van der Waals surface area contributed by atoms with Crippen LogP contribution in [0.4, 0.5) is 5.69 Å². The molecule has 1 amide bonds. The van der Waals surface area contributed by atoms with E-state index >= 15 is 0 Å². The van der Waals surface area contributed by atoms with E-state index in [2.05, 4.69) is 26.2 Å². The molecular formula is C18H20BrN3O2. The Morgan fingerprint density at radius 3 is 2.79 bits per heavy atom. The van der Waals surface area contributed by atoms with E-state index < -0.39 is 0 Å². The molecule has 1 N–H and O–H groups in total. The number of aryl methyl sites for hydroxylation is 3. The fraction of sp³-hybridized carbons (Fsp3) is 0.389. The highest BCUT2D eigenvalue weighted by Crippen LogP contribution is 2.20. The number of benzene rings is 1. The number of amides is 1. The van der Waals surface area contributed by atoms with Gasteiger partial charge >= 0.3 is 0 Å². The first-order valence-corrected chi connectivity index (χ1v) is 8.90. The summed E-state index contributed by atoms with van der Waals surface area (Å²) in [6, 6.07) is 5.66. The van der Waals surface area contributed by atoms with Gasteiger partial charge in [0.15, 0.2) is 0 Å². The van der Waals surface area contributed by atoms with Crippen molar-refractivity contribution in [3.8, 4) is 0 Å². The smallest absolute Gasteiger partial charge is 0.257 e. The first-order chi connectivity index (χ1) is 11.5. The van der Waals surface area contributed by atoms with E-state index in [1.54, 1.807) is 6.92 Å². The molecule has 1 aromatic heterocycles. The molecule has 1 aliphatic carbocycles. The van der Waals surface area contributed by atoms with Crippen molar-refractivity contribution in [3.05, 3.63) is 55.7 Å². The molecule has 3 rings (SSSR count). The molecule has 0 saturated heterocycles. The monoisotopic (exact) mass is 389 g/mol. The minimum atomic E-state index is -0.219. The number of fused-ring (bicyclic) bond motifs is 1. The summed E-state index contributed by atoms with van der Waals surface area (Å²) in [5.74, 6) is 0.381. The topological polar surface area (TPSA) is 64.0 Å². The van der Waals surface area contributed by atoms with Crippen molar-refractivity contribution in [1.29, 1.82) is 0 Å². The van der Waals surface area contributed by atoms with Gasteiger partial charge in [0.1, 0.15) is 12.4 Å². The zero-order valence-corrected chi connectivity index (χ0v) is 15.4. The normalized spacial score (nSPS) is 13.5. The molecule has 1 aromatic carbocycles. The number of nitrogens with zero attached hydrogens (tertiary/aromatic N) is 2. The zero-order valence-electron chi connectivity index (χ0n) is 13.9. The average molecular weight is 390 g/mol. The number of carbonyl (C=O) groups excluding carboxylic acids is 1. The summed E-state index contributed by atoms with van der Waals surface area (Å²) < 4.78 is 2.44. The van der Waals surface area contributed by atoms with Crippen LogP contribution >= 0.6 is 15.9 Å². The highest BCUT2D eigenvalue weighted by molar-refractivity contribution is 9.10. The molecule has 0 atom stereocenters. The van der Waals surface area contributed by atoms with Gasteiger partial charge in [-0.25, -0.2) is 4.98 Å². The van der Waals surface area contributed by atoms with Crippen molar-refractivity contribution >= 4 is 27.5 Å². The van der Waals surface area contributed by atoms with E-state index in [4.69, 9.17) is 0 Å². The zero-order chi connectivity index (χ0) is 17.3. The second-order valence-corrected chi connectivity index (χ2v) is 7.11. The summed E-state index contributed by atoms with van der Waals surface area (Å²) in [4.78, 5) is 29.6. The molecule has 0 saturated carbocycles. The van der Waals surface area contributed by atoms with Gasteiger partial charge in [0, 0.05) is 15.7 Å². The average Bonchev–Trinajstić information content (AvgIpc) is 2.54. The van der Waals surface area contributed by atoms with Crippen LogP contribution < -0.4 is 10.9 Å². The van der Waals surface area contributed by atoms with E-state index in [1.807, 2.05) is 25.1 Å².